The van der Waals surface area contributed by atoms with Crippen molar-refractivity contribution in [2.24, 2.45) is 0 Å². The summed E-state index contributed by atoms with van der Waals surface area (Å²) in [6, 6.07) is 0. The van der Waals surface area contributed by atoms with Crippen LogP contribution in [0.2, 0.25) is 0 Å². The second-order valence-electron chi connectivity index (χ2n) is 1.20. The SMILES string of the molecule is Br.Br.Br.CCCC[O][Ti]. The Morgan fingerprint density at radius 1 is 1.22 bits per heavy atom. The molecule has 0 spiro atoms. The Hall–Kier alpha value is 2.11. The van der Waals surface area contributed by atoms with Gasteiger partial charge in [-0.1, -0.05) is 0 Å². The Bertz CT molecular complexity index is 27.8. The van der Waals surface area contributed by atoms with Crippen LogP contribution in [0.15, 0.2) is 0 Å². The van der Waals surface area contributed by atoms with E-state index in [9.17, 15) is 0 Å². The van der Waals surface area contributed by atoms with Gasteiger partial charge in [0.25, 0.3) is 0 Å². The third kappa shape index (κ3) is 25.5. The third-order valence-corrected chi connectivity index (χ3v) is 0.919. The van der Waals surface area contributed by atoms with E-state index >= 15 is 0 Å². The zero-order valence-corrected chi connectivity index (χ0v) is 12.0. The summed E-state index contributed by atoms with van der Waals surface area (Å²) in [5, 5.41) is 0. The predicted octanol–water partition coefficient (Wildman–Crippen LogP) is 3.00. The van der Waals surface area contributed by atoms with Crippen LogP contribution in [0.1, 0.15) is 19.8 Å². The second kappa shape index (κ2) is 22.5. The van der Waals surface area contributed by atoms with Gasteiger partial charge < -0.3 is 0 Å². The van der Waals surface area contributed by atoms with Crippen LogP contribution in [0.3, 0.4) is 0 Å². The van der Waals surface area contributed by atoms with E-state index in [0.717, 1.165) is 6.61 Å². The predicted molar refractivity (Wildman–Crippen MR) is 51.8 cm³/mol. The van der Waals surface area contributed by atoms with Gasteiger partial charge in [-0.25, -0.2) is 0 Å². The molecule has 0 fully saturated rings. The van der Waals surface area contributed by atoms with E-state index in [1.165, 1.54) is 12.8 Å². The topological polar surface area (TPSA) is 9.23 Å². The molecular weight excluding hydrogens is 352 g/mol. The van der Waals surface area contributed by atoms with Crippen molar-refractivity contribution in [3.05, 3.63) is 0 Å². The molecule has 59 valence electrons. The molecule has 0 radical (unpaired) electrons. The molecule has 0 aromatic heterocycles. The normalized spacial score (nSPS) is 5.78. The minimum atomic E-state index is 0. The standard InChI is InChI=1S/C4H9O.3BrH.Ti/c1-2-3-4-5;;;;/h2-4H2,1H3;3*1H;/q-1;;;;+1. The van der Waals surface area contributed by atoms with Crippen molar-refractivity contribution in [1.82, 2.24) is 0 Å². The maximum absolute atomic E-state index is 4.78. The summed E-state index contributed by atoms with van der Waals surface area (Å²) in [6.07, 6.45) is 2.42. The number of unbranched alkanes of at least 4 members (excludes halogenated alkanes) is 1. The molecule has 0 saturated carbocycles. The molecule has 0 rings (SSSR count). The first-order chi connectivity index (χ1) is 2.91. The van der Waals surface area contributed by atoms with Crippen molar-refractivity contribution in [3.8, 4) is 0 Å². The van der Waals surface area contributed by atoms with Crippen LogP contribution in [-0.4, -0.2) is 6.61 Å². The summed E-state index contributed by atoms with van der Waals surface area (Å²) >= 11 is 1.73. The molecule has 1 nitrogen and oxygen atoms in total. The van der Waals surface area contributed by atoms with Crippen LogP contribution < -0.4 is 0 Å². The van der Waals surface area contributed by atoms with Crippen LogP contribution in [-0.2, 0) is 24.1 Å². The van der Waals surface area contributed by atoms with Gasteiger partial charge in [0.15, 0.2) is 0 Å². The molecule has 0 heterocycles. The number of hydrogen-bond donors (Lipinski definition) is 0. The van der Waals surface area contributed by atoms with Crippen LogP contribution in [0.25, 0.3) is 0 Å². The molecule has 0 aliphatic carbocycles. The van der Waals surface area contributed by atoms with Gasteiger partial charge in [0.05, 0.1) is 0 Å². The van der Waals surface area contributed by atoms with Gasteiger partial charge in [-0.2, -0.15) is 0 Å². The van der Waals surface area contributed by atoms with Gasteiger partial charge in [0, 0.05) is 0 Å². The molecule has 0 saturated heterocycles. The summed E-state index contributed by atoms with van der Waals surface area (Å²) in [4.78, 5) is 0. The summed E-state index contributed by atoms with van der Waals surface area (Å²) in [5.41, 5.74) is 0. The molecular formula is C4H12Br3OTi. The van der Waals surface area contributed by atoms with Crippen molar-refractivity contribution >= 4 is 50.9 Å². The van der Waals surface area contributed by atoms with Gasteiger partial charge in [0.2, 0.25) is 0 Å². The van der Waals surface area contributed by atoms with Gasteiger partial charge in [0.1, 0.15) is 0 Å². The average Bonchev–Trinajstić information content (AvgIpc) is 1.61. The first-order valence-corrected chi connectivity index (χ1v) is 2.84. The fourth-order valence-electron chi connectivity index (χ4n) is 0.217. The van der Waals surface area contributed by atoms with E-state index in [-0.39, 0.29) is 50.9 Å². The Morgan fingerprint density at radius 2 is 1.67 bits per heavy atom. The fraction of sp³-hybridized carbons (Fsp3) is 1.00. The van der Waals surface area contributed by atoms with Gasteiger partial charge in [-0.15, -0.1) is 50.9 Å². The van der Waals surface area contributed by atoms with E-state index in [1.807, 2.05) is 0 Å². The summed E-state index contributed by atoms with van der Waals surface area (Å²) < 4.78 is 4.78. The van der Waals surface area contributed by atoms with Crippen LogP contribution >= 0.6 is 50.9 Å². The van der Waals surface area contributed by atoms with Crippen molar-refractivity contribution < 1.29 is 24.1 Å². The molecule has 0 aromatic carbocycles. The summed E-state index contributed by atoms with van der Waals surface area (Å²) in [7, 11) is 0. The Labute approximate surface area is 100 Å². The third-order valence-electron chi connectivity index (χ3n) is 0.600. The fourth-order valence-corrected chi connectivity index (χ4v) is 0.442. The van der Waals surface area contributed by atoms with Crippen molar-refractivity contribution in [2.75, 3.05) is 6.61 Å². The molecule has 0 N–H and O–H groups in total. The van der Waals surface area contributed by atoms with Crippen molar-refractivity contribution in [2.45, 2.75) is 19.8 Å². The summed E-state index contributed by atoms with van der Waals surface area (Å²) in [5.74, 6) is 0. The average molecular weight is 364 g/mol. The molecule has 0 aliphatic rings. The summed E-state index contributed by atoms with van der Waals surface area (Å²) in [6.45, 7) is 3.07. The molecule has 0 aromatic rings. The van der Waals surface area contributed by atoms with E-state index in [1.54, 1.807) is 20.8 Å². The molecule has 0 unspecified atom stereocenters. The number of hydrogen-bond acceptors (Lipinski definition) is 1. The van der Waals surface area contributed by atoms with Crippen LogP contribution in [0.4, 0.5) is 0 Å². The van der Waals surface area contributed by atoms with Crippen LogP contribution in [0, 0.1) is 0 Å². The van der Waals surface area contributed by atoms with Crippen molar-refractivity contribution in [3.63, 3.8) is 0 Å². The quantitative estimate of drug-likeness (QED) is 0.553. The monoisotopic (exact) mass is 361 g/mol. The van der Waals surface area contributed by atoms with E-state index < -0.39 is 0 Å². The molecule has 0 atom stereocenters. The minimum absolute atomic E-state index is 0. The van der Waals surface area contributed by atoms with Crippen LogP contribution in [0.5, 0.6) is 0 Å². The Morgan fingerprint density at radius 3 is 1.78 bits per heavy atom. The Balaban J connectivity index is -0.0000000417. The molecule has 0 bridgehead atoms. The molecule has 9 heavy (non-hydrogen) atoms. The molecule has 5 heteroatoms. The van der Waals surface area contributed by atoms with E-state index in [0.29, 0.717) is 0 Å². The zero-order valence-electron chi connectivity index (χ0n) is 5.25. The molecule has 0 aliphatic heterocycles. The first-order valence-electron chi connectivity index (χ1n) is 2.20. The van der Waals surface area contributed by atoms with Gasteiger partial charge in [-0.05, 0) is 0 Å². The van der Waals surface area contributed by atoms with Gasteiger partial charge in [-0.3, -0.25) is 0 Å². The maximum atomic E-state index is 4.78. The van der Waals surface area contributed by atoms with Gasteiger partial charge >= 0.3 is 50.5 Å². The van der Waals surface area contributed by atoms with E-state index in [2.05, 4.69) is 6.92 Å². The second-order valence-corrected chi connectivity index (χ2v) is 1.65. The number of halogens is 3. The Kier molecular flexibility index (Phi) is 56.1. The van der Waals surface area contributed by atoms with E-state index in [4.69, 9.17) is 3.32 Å². The first kappa shape index (κ1) is 22.5. The van der Waals surface area contributed by atoms with Crippen molar-refractivity contribution in [1.29, 1.82) is 0 Å². The zero-order chi connectivity index (χ0) is 4.83. The number of rotatable bonds is 3. The molecule has 0 amide bonds.